The summed E-state index contributed by atoms with van der Waals surface area (Å²) in [6.07, 6.45) is 3.66. The Bertz CT molecular complexity index is 381. The minimum atomic E-state index is -2.78. The zero-order valence-corrected chi connectivity index (χ0v) is 10.9. The largest absolute Gasteiger partial charge is 0.434 e. The summed E-state index contributed by atoms with van der Waals surface area (Å²) in [5, 5.41) is 6.74. The summed E-state index contributed by atoms with van der Waals surface area (Å²) in [5.74, 6) is 0.251. The first-order valence-electron chi connectivity index (χ1n) is 6.72. The lowest BCUT2D eigenvalue weighted by atomic mass is 10.1. The van der Waals surface area contributed by atoms with Gasteiger partial charge in [-0.05, 0) is 25.5 Å². The van der Waals surface area contributed by atoms with E-state index < -0.39 is 6.61 Å². The molecule has 1 unspecified atom stereocenters. The number of alkyl halides is 2. The van der Waals surface area contributed by atoms with Crippen LogP contribution >= 0.6 is 0 Å². The SMILES string of the molecule is FC(F)Oc1ccccc1CNCC1CCCCN1. The van der Waals surface area contributed by atoms with Crippen LogP contribution in [0, 0.1) is 0 Å². The predicted octanol–water partition coefficient (Wildman–Crippen LogP) is 2.52. The molecule has 0 aromatic heterocycles. The number of nitrogens with one attached hydrogen (secondary N) is 2. The molecular weight excluding hydrogens is 250 g/mol. The Morgan fingerprint density at radius 1 is 1.32 bits per heavy atom. The molecule has 1 aromatic carbocycles. The zero-order chi connectivity index (χ0) is 13.5. The fraction of sp³-hybridized carbons (Fsp3) is 0.571. The van der Waals surface area contributed by atoms with Crippen molar-refractivity contribution < 1.29 is 13.5 Å². The van der Waals surface area contributed by atoms with Crippen molar-refractivity contribution in [3.05, 3.63) is 29.8 Å². The van der Waals surface area contributed by atoms with E-state index in [2.05, 4.69) is 15.4 Å². The maximum Gasteiger partial charge on any atom is 0.387 e. The van der Waals surface area contributed by atoms with Gasteiger partial charge in [-0.3, -0.25) is 0 Å². The minimum Gasteiger partial charge on any atom is -0.434 e. The van der Waals surface area contributed by atoms with E-state index >= 15 is 0 Å². The van der Waals surface area contributed by atoms with Gasteiger partial charge in [-0.15, -0.1) is 0 Å². The highest BCUT2D eigenvalue weighted by atomic mass is 19.3. The molecule has 1 aliphatic heterocycles. The van der Waals surface area contributed by atoms with Gasteiger partial charge in [-0.1, -0.05) is 24.6 Å². The lowest BCUT2D eigenvalue weighted by Crippen LogP contribution is -2.41. The molecule has 19 heavy (non-hydrogen) atoms. The normalized spacial score (nSPS) is 19.6. The van der Waals surface area contributed by atoms with Crippen molar-refractivity contribution in [1.29, 1.82) is 0 Å². The van der Waals surface area contributed by atoms with Crippen molar-refractivity contribution in [2.24, 2.45) is 0 Å². The third kappa shape index (κ3) is 4.76. The Morgan fingerprint density at radius 2 is 2.16 bits per heavy atom. The Balaban J connectivity index is 1.81. The third-order valence-corrected chi connectivity index (χ3v) is 3.31. The summed E-state index contributed by atoms with van der Waals surface area (Å²) < 4.78 is 29.0. The molecular formula is C14H20F2N2O. The fourth-order valence-corrected chi connectivity index (χ4v) is 2.34. The Labute approximate surface area is 112 Å². The van der Waals surface area contributed by atoms with Crippen molar-refractivity contribution in [3.8, 4) is 5.75 Å². The smallest absolute Gasteiger partial charge is 0.387 e. The standard InChI is InChI=1S/C14H20F2N2O/c15-14(16)19-13-7-2-1-5-11(13)9-17-10-12-6-3-4-8-18-12/h1-2,5,7,12,14,17-18H,3-4,6,8-10H2. The van der Waals surface area contributed by atoms with Gasteiger partial charge in [0.1, 0.15) is 5.75 Å². The molecule has 1 saturated heterocycles. The van der Waals surface area contributed by atoms with E-state index in [-0.39, 0.29) is 5.75 Å². The van der Waals surface area contributed by atoms with Gasteiger partial charge in [0.25, 0.3) is 0 Å². The predicted molar refractivity (Wildman–Crippen MR) is 70.4 cm³/mol. The molecule has 2 N–H and O–H groups in total. The average Bonchev–Trinajstić information content (AvgIpc) is 2.41. The van der Waals surface area contributed by atoms with Crippen LogP contribution in [0.1, 0.15) is 24.8 Å². The number of hydrogen-bond acceptors (Lipinski definition) is 3. The molecule has 5 heteroatoms. The van der Waals surface area contributed by atoms with Crippen molar-refractivity contribution in [1.82, 2.24) is 10.6 Å². The van der Waals surface area contributed by atoms with Gasteiger partial charge in [0.2, 0.25) is 0 Å². The lowest BCUT2D eigenvalue weighted by Gasteiger charge is -2.23. The van der Waals surface area contributed by atoms with E-state index in [0.29, 0.717) is 12.6 Å². The zero-order valence-electron chi connectivity index (χ0n) is 10.9. The second-order valence-electron chi connectivity index (χ2n) is 4.76. The fourth-order valence-electron chi connectivity index (χ4n) is 2.34. The molecule has 0 amide bonds. The number of para-hydroxylation sites is 1. The van der Waals surface area contributed by atoms with E-state index in [9.17, 15) is 8.78 Å². The maximum absolute atomic E-state index is 12.3. The van der Waals surface area contributed by atoms with Crippen LogP contribution in [0.25, 0.3) is 0 Å². The third-order valence-electron chi connectivity index (χ3n) is 3.31. The number of piperidine rings is 1. The second-order valence-corrected chi connectivity index (χ2v) is 4.76. The summed E-state index contributed by atoms with van der Waals surface area (Å²) in [6, 6.07) is 7.39. The molecule has 1 atom stereocenters. The van der Waals surface area contributed by atoms with Gasteiger partial charge in [-0.25, -0.2) is 0 Å². The number of benzene rings is 1. The Hall–Kier alpha value is -1.20. The topological polar surface area (TPSA) is 33.3 Å². The molecule has 0 aliphatic carbocycles. The molecule has 0 bridgehead atoms. The number of halogens is 2. The molecule has 1 aromatic rings. The molecule has 2 rings (SSSR count). The van der Waals surface area contributed by atoms with Gasteiger partial charge < -0.3 is 15.4 Å². The van der Waals surface area contributed by atoms with Gasteiger partial charge in [-0.2, -0.15) is 8.78 Å². The summed E-state index contributed by atoms with van der Waals surface area (Å²) in [7, 11) is 0. The Morgan fingerprint density at radius 3 is 2.89 bits per heavy atom. The molecule has 0 radical (unpaired) electrons. The van der Waals surface area contributed by atoms with Crippen LogP contribution in [0.2, 0.25) is 0 Å². The molecule has 1 heterocycles. The maximum atomic E-state index is 12.3. The van der Waals surface area contributed by atoms with Gasteiger partial charge in [0.15, 0.2) is 0 Å². The summed E-state index contributed by atoms with van der Waals surface area (Å²) in [4.78, 5) is 0. The van der Waals surface area contributed by atoms with Crippen LogP contribution in [0.15, 0.2) is 24.3 Å². The van der Waals surface area contributed by atoms with E-state index in [1.165, 1.54) is 19.3 Å². The average molecular weight is 270 g/mol. The van der Waals surface area contributed by atoms with Gasteiger partial charge in [0, 0.05) is 24.7 Å². The van der Waals surface area contributed by atoms with Crippen molar-refractivity contribution in [3.63, 3.8) is 0 Å². The van der Waals surface area contributed by atoms with Crippen LogP contribution in [0.5, 0.6) is 5.75 Å². The van der Waals surface area contributed by atoms with E-state index in [1.54, 1.807) is 18.2 Å². The van der Waals surface area contributed by atoms with Crippen molar-refractivity contribution >= 4 is 0 Å². The molecule has 0 saturated carbocycles. The van der Waals surface area contributed by atoms with Gasteiger partial charge in [0.05, 0.1) is 0 Å². The lowest BCUT2D eigenvalue weighted by molar-refractivity contribution is -0.0505. The van der Waals surface area contributed by atoms with E-state index in [1.807, 2.05) is 6.07 Å². The molecule has 106 valence electrons. The first kappa shape index (κ1) is 14.2. The number of rotatable bonds is 6. The highest BCUT2D eigenvalue weighted by Crippen LogP contribution is 2.20. The quantitative estimate of drug-likeness (QED) is 0.833. The minimum absolute atomic E-state index is 0.251. The number of hydrogen-bond donors (Lipinski definition) is 2. The summed E-state index contributed by atoms with van der Waals surface area (Å²) in [5.41, 5.74) is 0.763. The number of ether oxygens (including phenoxy) is 1. The first-order valence-corrected chi connectivity index (χ1v) is 6.72. The van der Waals surface area contributed by atoms with Crippen LogP contribution in [-0.4, -0.2) is 25.7 Å². The van der Waals surface area contributed by atoms with E-state index in [4.69, 9.17) is 0 Å². The molecule has 3 nitrogen and oxygen atoms in total. The monoisotopic (exact) mass is 270 g/mol. The highest BCUT2D eigenvalue weighted by molar-refractivity contribution is 5.33. The van der Waals surface area contributed by atoms with Crippen molar-refractivity contribution in [2.45, 2.75) is 38.5 Å². The molecule has 1 aliphatic rings. The molecule has 0 spiro atoms. The Kier molecular flexibility index (Phi) is 5.54. The summed E-state index contributed by atoms with van der Waals surface area (Å²) >= 11 is 0. The van der Waals surface area contributed by atoms with E-state index in [0.717, 1.165) is 18.7 Å². The first-order chi connectivity index (χ1) is 9.25. The highest BCUT2D eigenvalue weighted by Gasteiger charge is 2.13. The van der Waals surface area contributed by atoms with Crippen LogP contribution in [0.3, 0.4) is 0 Å². The van der Waals surface area contributed by atoms with Crippen LogP contribution in [-0.2, 0) is 6.54 Å². The second kappa shape index (κ2) is 7.40. The molecule has 1 fully saturated rings. The summed E-state index contributed by atoms with van der Waals surface area (Å²) in [6.45, 7) is -0.317. The van der Waals surface area contributed by atoms with Gasteiger partial charge >= 0.3 is 6.61 Å². The van der Waals surface area contributed by atoms with Crippen molar-refractivity contribution in [2.75, 3.05) is 13.1 Å². The van der Waals surface area contributed by atoms with Crippen LogP contribution < -0.4 is 15.4 Å². The van der Waals surface area contributed by atoms with Crippen LogP contribution in [0.4, 0.5) is 8.78 Å².